The Morgan fingerprint density at radius 2 is 1.90 bits per heavy atom. The molecule has 0 aliphatic heterocycles. The second kappa shape index (κ2) is 7.38. The number of aryl methyl sites for hydroxylation is 2. The van der Waals surface area contributed by atoms with Crippen LogP contribution >= 0.6 is 11.3 Å². The molecule has 0 atom stereocenters. The van der Waals surface area contributed by atoms with Crippen LogP contribution in [0.2, 0.25) is 0 Å². The number of benzene rings is 1. The Hall–Kier alpha value is -1.65. The summed E-state index contributed by atoms with van der Waals surface area (Å²) in [6, 6.07) is 10.2. The van der Waals surface area contributed by atoms with E-state index in [2.05, 4.69) is 31.3 Å². The third-order valence-corrected chi connectivity index (χ3v) is 4.67. The number of thiophene rings is 1. The van der Waals surface area contributed by atoms with Gasteiger partial charge < -0.3 is 10.1 Å². The molecule has 0 spiro atoms. The Morgan fingerprint density at radius 3 is 2.52 bits per heavy atom. The van der Waals surface area contributed by atoms with Crippen LogP contribution in [0.3, 0.4) is 0 Å². The zero-order valence-corrected chi connectivity index (χ0v) is 13.5. The summed E-state index contributed by atoms with van der Waals surface area (Å²) >= 11 is 1.83. The lowest BCUT2D eigenvalue weighted by Crippen LogP contribution is -2.15. The van der Waals surface area contributed by atoms with E-state index in [1.54, 1.807) is 0 Å². The minimum atomic E-state index is -0.202. The molecule has 1 N–H and O–H groups in total. The maximum Gasteiger partial charge on any atom is 0.309 e. The van der Waals surface area contributed by atoms with Crippen molar-refractivity contribution in [2.45, 2.75) is 33.4 Å². The van der Waals surface area contributed by atoms with Crippen molar-refractivity contribution >= 4 is 17.3 Å². The fourth-order valence-corrected chi connectivity index (χ4v) is 3.21. The molecule has 3 nitrogen and oxygen atoms in total. The molecule has 0 bridgehead atoms. The van der Waals surface area contributed by atoms with Crippen molar-refractivity contribution < 1.29 is 9.53 Å². The van der Waals surface area contributed by atoms with Crippen molar-refractivity contribution in [2.24, 2.45) is 0 Å². The monoisotopic (exact) mass is 303 g/mol. The van der Waals surface area contributed by atoms with Crippen LogP contribution in [0.4, 0.5) is 0 Å². The molecule has 1 aromatic heterocycles. The molecule has 0 fully saturated rings. The molecule has 21 heavy (non-hydrogen) atoms. The van der Waals surface area contributed by atoms with Gasteiger partial charge in [-0.3, -0.25) is 4.79 Å². The van der Waals surface area contributed by atoms with Crippen molar-refractivity contribution in [3.05, 3.63) is 56.8 Å². The number of methoxy groups -OCH3 is 1. The number of esters is 1. The average molecular weight is 303 g/mol. The molecule has 0 unspecified atom stereocenters. The van der Waals surface area contributed by atoms with Gasteiger partial charge in [-0.05, 0) is 36.6 Å². The third-order valence-electron chi connectivity index (χ3n) is 3.51. The van der Waals surface area contributed by atoms with Gasteiger partial charge in [0, 0.05) is 22.8 Å². The van der Waals surface area contributed by atoms with Crippen LogP contribution in [0, 0.1) is 13.8 Å². The zero-order chi connectivity index (χ0) is 15.2. The summed E-state index contributed by atoms with van der Waals surface area (Å²) in [5, 5.41) is 3.45. The largest absolute Gasteiger partial charge is 0.469 e. The summed E-state index contributed by atoms with van der Waals surface area (Å²) in [6.45, 7) is 5.89. The quantitative estimate of drug-likeness (QED) is 0.832. The van der Waals surface area contributed by atoms with Gasteiger partial charge in [0.1, 0.15) is 0 Å². The second-order valence-electron chi connectivity index (χ2n) is 5.08. The fraction of sp³-hybridized carbons (Fsp3) is 0.353. The van der Waals surface area contributed by atoms with E-state index in [9.17, 15) is 4.79 Å². The Bertz CT molecular complexity index is 600. The third kappa shape index (κ3) is 4.41. The van der Waals surface area contributed by atoms with Crippen molar-refractivity contribution in [3.63, 3.8) is 0 Å². The van der Waals surface area contributed by atoms with Gasteiger partial charge in [0.05, 0.1) is 13.5 Å². The number of rotatable bonds is 6. The molecule has 0 saturated heterocycles. The lowest BCUT2D eigenvalue weighted by molar-refractivity contribution is -0.139. The number of carbonyl (C=O) groups is 1. The minimum absolute atomic E-state index is 0.202. The van der Waals surface area contributed by atoms with Gasteiger partial charge in [-0.2, -0.15) is 0 Å². The summed E-state index contributed by atoms with van der Waals surface area (Å²) < 4.78 is 4.74. The highest BCUT2D eigenvalue weighted by Crippen LogP contribution is 2.20. The van der Waals surface area contributed by atoms with Crippen LogP contribution in [-0.2, 0) is 29.0 Å². The Labute approximate surface area is 130 Å². The van der Waals surface area contributed by atoms with E-state index in [0.29, 0.717) is 6.42 Å². The topological polar surface area (TPSA) is 38.3 Å². The molecule has 0 saturated carbocycles. The van der Waals surface area contributed by atoms with Gasteiger partial charge in [0.2, 0.25) is 0 Å². The molecule has 0 aliphatic carbocycles. The molecule has 2 aromatic rings. The van der Waals surface area contributed by atoms with Crippen LogP contribution in [0.25, 0.3) is 0 Å². The Kier molecular flexibility index (Phi) is 5.53. The van der Waals surface area contributed by atoms with E-state index in [1.165, 1.54) is 22.4 Å². The fourth-order valence-electron chi connectivity index (χ4n) is 2.19. The first-order valence-electron chi connectivity index (χ1n) is 7.00. The van der Waals surface area contributed by atoms with E-state index in [-0.39, 0.29) is 5.97 Å². The first-order valence-corrected chi connectivity index (χ1v) is 7.82. The number of nitrogens with one attached hydrogen (secondary N) is 1. The first-order chi connectivity index (χ1) is 10.1. The van der Waals surface area contributed by atoms with Gasteiger partial charge in [0.15, 0.2) is 0 Å². The summed E-state index contributed by atoms with van der Waals surface area (Å²) in [7, 11) is 1.42. The first kappa shape index (κ1) is 15.7. The summed E-state index contributed by atoms with van der Waals surface area (Å²) in [5.74, 6) is -0.202. The molecule has 0 amide bonds. The van der Waals surface area contributed by atoms with E-state index in [4.69, 9.17) is 4.74 Å². The van der Waals surface area contributed by atoms with Crippen LogP contribution in [0.1, 0.15) is 26.4 Å². The van der Waals surface area contributed by atoms with Crippen molar-refractivity contribution in [3.8, 4) is 0 Å². The second-order valence-corrected chi connectivity index (χ2v) is 6.42. The Balaban J connectivity index is 1.95. The van der Waals surface area contributed by atoms with E-state index >= 15 is 0 Å². The highest BCUT2D eigenvalue weighted by atomic mass is 32.1. The Morgan fingerprint density at radius 1 is 1.19 bits per heavy atom. The van der Waals surface area contributed by atoms with E-state index in [0.717, 1.165) is 24.2 Å². The average Bonchev–Trinajstić information content (AvgIpc) is 2.79. The van der Waals surface area contributed by atoms with Gasteiger partial charge in [-0.1, -0.05) is 24.3 Å². The molecule has 112 valence electrons. The number of carbonyl (C=O) groups excluding carboxylic acids is 1. The van der Waals surface area contributed by atoms with Gasteiger partial charge in [-0.25, -0.2) is 0 Å². The SMILES string of the molecule is COC(=O)Cc1ccccc1CNCc1cc(C)c(C)s1. The maximum absolute atomic E-state index is 11.4. The zero-order valence-electron chi connectivity index (χ0n) is 12.7. The molecule has 1 aromatic carbocycles. The van der Waals surface area contributed by atoms with Gasteiger partial charge in [0.25, 0.3) is 0 Å². The molecule has 1 heterocycles. The summed E-state index contributed by atoms with van der Waals surface area (Å²) in [4.78, 5) is 14.1. The van der Waals surface area contributed by atoms with Crippen molar-refractivity contribution in [1.29, 1.82) is 0 Å². The normalized spacial score (nSPS) is 10.6. The molecule has 4 heteroatoms. The van der Waals surface area contributed by atoms with Crippen LogP contribution in [0.5, 0.6) is 0 Å². The van der Waals surface area contributed by atoms with E-state index < -0.39 is 0 Å². The molecule has 2 rings (SSSR count). The summed E-state index contributed by atoms with van der Waals surface area (Å²) in [5.41, 5.74) is 3.52. The minimum Gasteiger partial charge on any atom is -0.469 e. The highest BCUT2D eigenvalue weighted by molar-refractivity contribution is 7.12. The molecule has 0 aliphatic rings. The van der Waals surface area contributed by atoms with Gasteiger partial charge >= 0.3 is 5.97 Å². The molecular formula is C17H21NO2S. The highest BCUT2D eigenvalue weighted by Gasteiger charge is 2.08. The van der Waals surface area contributed by atoms with Gasteiger partial charge in [-0.15, -0.1) is 11.3 Å². The van der Waals surface area contributed by atoms with E-state index in [1.807, 2.05) is 29.5 Å². The van der Waals surface area contributed by atoms with Crippen LogP contribution < -0.4 is 5.32 Å². The lowest BCUT2D eigenvalue weighted by Gasteiger charge is -2.09. The number of ether oxygens (including phenoxy) is 1. The van der Waals surface area contributed by atoms with Crippen molar-refractivity contribution in [1.82, 2.24) is 5.32 Å². The molecular weight excluding hydrogens is 282 g/mol. The molecule has 0 radical (unpaired) electrons. The number of hydrogen-bond acceptors (Lipinski definition) is 4. The smallest absolute Gasteiger partial charge is 0.309 e. The van der Waals surface area contributed by atoms with Crippen LogP contribution in [0.15, 0.2) is 30.3 Å². The maximum atomic E-state index is 11.4. The standard InChI is InChI=1S/C17H21NO2S/c1-12-8-16(21-13(12)2)11-18-10-15-7-5-4-6-14(15)9-17(19)20-3/h4-8,18H,9-11H2,1-3H3. The lowest BCUT2D eigenvalue weighted by atomic mass is 10.0. The van der Waals surface area contributed by atoms with Crippen LogP contribution in [-0.4, -0.2) is 13.1 Å². The predicted octanol–water partition coefficient (Wildman–Crippen LogP) is 3.37. The predicted molar refractivity (Wildman–Crippen MR) is 86.5 cm³/mol. The number of hydrogen-bond donors (Lipinski definition) is 1. The summed E-state index contributed by atoms with van der Waals surface area (Å²) in [6.07, 6.45) is 0.325. The van der Waals surface area contributed by atoms with Crippen molar-refractivity contribution in [2.75, 3.05) is 7.11 Å².